The van der Waals surface area contributed by atoms with Gasteiger partial charge in [0, 0.05) is 19.6 Å². The normalized spacial score (nSPS) is 27.0. The van der Waals surface area contributed by atoms with Gasteiger partial charge in [0.2, 0.25) is 0 Å². The zero-order valence-electron chi connectivity index (χ0n) is 11.7. The molecule has 0 aromatic rings. The van der Waals surface area contributed by atoms with Crippen LogP contribution in [0.1, 0.15) is 53.4 Å². The van der Waals surface area contributed by atoms with E-state index in [9.17, 15) is 0 Å². The van der Waals surface area contributed by atoms with Gasteiger partial charge in [0.1, 0.15) is 0 Å². The Hall–Kier alpha value is -0.0800. The molecule has 2 nitrogen and oxygen atoms in total. The summed E-state index contributed by atoms with van der Waals surface area (Å²) in [6, 6.07) is 0. The first-order chi connectivity index (χ1) is 7.47. The van der Waals surface area contributed by atoms with Crippen LogP contribution >= 0.6 is 0 Å². The predicted octanol–water partition coefficient (Wildman–Crippen LogP) is 2.79. The fourth-order valence-corrected chi connectivity index (χ4v) is 2.72. The van der Waals surface area contributed by atoms with E-state index in [2.05, 4.69) is 38.3 Å². The van der Waals surface area contributed by atoms with Gasteiger partial charge in [0.15, 0.2) is 0 Å². The van der Waals surface area contributed by atoms with Crippen molar-refractivity contribution in [1.82, 2.24) is 10.6 Å². The van der Waals surface area contributed by atoms with Crippen LogP contribution in [0.4, 0.5) is 0 Å². The molecule has 1 aliphatic rings. The van der Waals surface area contributed by atoms with Crippen LogP contribution < -0.4 is 10.6 Å². The summed E-state index contributed by atoms with van der Waals surface area (Å²) in [6.07, 6.45) is 5.40. The van der Waals surface area contributed by atoms with Crippen molar-refractivity contribution in [2.24, 2.45) is 10.8 Å². The van der Waals surface area contributed by atoms with Crippen molar-refractivity contribution in [3.63, 3.8) is 0 Å². The number of rotatable bonds is 5. The standard InChI is InChI=1S/C14H30N2/c1-5-7-14(8-6-9-15-11-14)12-16-10-13(2,3)4/h15-16H,5-12H2,1-4H3. The Morgan fingerprint density at radius 2 is 2.06 bits per heavy atom. The summed E-state index contributed by atoms with van der Waals surface area (Å²) in [5, 5.41) is 7.25. The van der Waals surface area contributed by atoms with Crippen molar-refractivity contribution in [2.45, 2.75) is 53.4 Å². The third-order valence-corrected chi connectivity index (χ3v) is 3.50. The Bertz CT molecular complexity index is 182. The molecule has 1 unspecified atom stereocenters. The molecular weight excluding hydrogens is 196 g/mol. The van der Waals surface area contributed by atoms with Crippen LogP contribution in [0.3, 0.4) is 0 Å². The number of piperidine rings is 1. The third kappa shape index (κ3) is 4.84. The monoisotopic (exact) mass is 226 g/mol. The molecule has 0 aromatic carbocycles. The molecule has 1 fully saturated rings. The maximum Gasteiger partial charge on any atom is 0.00202 e. The third-order valence-electron chi connectivity index (χ3n) is 3.50. The number of hydrogen-bond acceptors (Lipinski definition) is 2. The summed E-state index contributed by atoms with van der Waals surface area (Å²) < 4.78 is 0. The van der Waals surface area contributed by atoms with Crippen LogP contribution in [0, 0.1) is 10.8 Å². The quantitative estimate of drug-likeness (QED) is 0.753. The van der Waals surface area contributed by atoms with Crippen molar-refractivity contribution >= 4 is 0 Å². The van der Waals surface area contributed by atoms with Crippen LogP contribution in [0.2, 0.25) is 0 Å². The molecule has 1 aliphatic heterocycles. The van der Waals surface area contributed by atoms with Gasteiger partial charge in [-0.2, -0.15) is 0 Å². The van der Waals surface area contributed by atoms with Gasteiger partial charge in [-0.3, -0.25) is 0 Å². The zero-order valence-corrected chi connectivity index (χ0v) is 11.7. The lowest BCUT2D eigenvalue weighted by molar-refractivity contribution is 0.176. The lowest BCUT2D eigenvalue weighted by Gasteiger charge is -2.38. The zero-order chi connectivity index (χ0) is 12.1. The predicted molar refractivity (Wildman–Crippen MR) is 71.8 cm³/mol. The lowest BCUT2D eigenvalue weighted by atomic mass is 9.76. The van der Waals surface area contributed by atoms with Gasteiger partial charge in [-0.15, -0.1) is 0 Å². The number of hydrogen-bond donors (Lipinski definition) is 2. The smallest absolute Gasteiger partial charge is 0.00202 e. The summed E-state index contributed by atoms with van der Waals surface area (Å²) in [5.74, 6) is 0. The van der Waals surface area contributed by atoms with E-state index in [-0.39, 0.29) is 0 Å². The first-order valence-corrected chi connectivity index (χ1v) is 6.89. The van der Waals surface area contributed by atoms with E-state index >= 15 is 0 Å². The Balaban J connectivity index is 2.38. The second kappa shape index (κ2) is 6.02. The highest BCUT2D eigenvalue weighted by Gasteiger charge is 2.30. The van der Waals surface area contributed by atoms with Gasteiger partial charge in [-0.25, -0.2) is 0 Å². The summed E-state index contributed by atoms with van der Waals surface area (Å²) in [5.41, 5.74) is 0.924. The van der Waals surface area contributed by atoms with E-state index in [1.165, 1.54) is 45.3 Å². The minimum absolute atomic E-state index is 0.398. The minimum atomic E-state index is 0.398. The molecule has 2 N–H and O–H groups in total. The highest BCUT2D eigenvalue weighted by molar-refractivity contribution is 4.87. The molecule has 1 atom stereocenters. The molecule has 16 heavy (non-hydrogen) atoms. The maximum absolute atomic E-state index is 3.68. The first-order valence-electron chi connectivity index (χ1n) is 6.89. The van der Waals surface area contributed by atoms with E-state index < -0.39 is 0 Å². The number of nitrogens with one attached hydrogen (secondary N) is 2. The maximum atomic E-state index is 3.68. The van der Waals surface area contributed by atoms with Crippen LogP contribution in [0.15, 0.2) is 0 Å². The van der Waals surface area contributed by atoms with Crippen LogP contribution in [-0.4, -0.2) is 26.2 Å². The van der Waals surface area contributed by atoms with Gasteiger partial charge in [0.25, 0.3) is 0 Å². The molecule has 0 radical (unpaired) electrons. The molecule has 1 saturated heterocycles. The molecule has 0 aromatic heterocycles. The van der Waals surface area contributed by atoms with Gasteiger partial charge in [-0.05, 0) is 36.6 Å². The molecular formula is C14H30N2. The molecule has 96 valence electrons. The second-order valence-corrected chi connectivity index (χ2v) is 6.69. The molecule has 0 aliphatic carbocycles. The van der Waals surface area contributed by atoms with Crippen molar-refractivity contribution < 1.29 is 0 Å². The van der Waals surface area contributed by atoms with Gasteiger partial charge in [0.05, 0.1) is 0 Å². The average molecular weight is 226 g/mol. The lowest BCUT2D eigenvalue weighted by Crippen LogP contribution is -2.47. The molecule has 0 bridgehead atoms. The Kier molecular flexibility index (Phi) is 5.26. The average Bonchev–Trinajstić information content (AvgIpc) is 2.17. The highest BCUT2D eigenvalue weighted by atomic mass is 14.9. The van der Waals surface area contributed by atoms with Crippen molar-refractivity contribution in [3.8, 4) is 0 Å². The summed E-state index contributed by atoms with van der Waals surface area (Å²) in [7, 11) is 0. The van der Waals surface area contributed by atoms with E-state index in [1.807, 2.05) is 0 Å². The van der Waals surface area contributed by atoms with Crippen molar-refractivity contribution in [1.29, 1.82) is 0 Å². The summed E-state index contributed by atoms with van der Waals surface area (Å²) >= 11 is 0. The summed E-state index contributed by atoms with van der Waals surface area (Å²) in [6.45, 7) is 13.9. The van der Waals surface area contributed by atoms with Gasteiger partial charge < -0.3 is 10.6 Å². The molecule has 1 heterocycles. The molecule has 0 amide bonds. The Morgan fingerprint density at radius 3 is 2.56 bits per heavy atom. The van der Waals surface area contributed by atoms with Crippen LogP contribution in [0.5, 0.6) is 0 Å². The largest absolute Gasteiger partial charge is 0.316 e. The fourth-order valence-electron chi connectivity index (χ4n) is 2.72. The molecule has 0 saturated carbocycles. The Labute approximate surface area is 102 Å². The minimum Gasteiger partial charge on any atom is -0.316 e. The van der Waals surface area contributed by atoms with E-state index in [0.717, 1.165) is 6.54 Å². The van der Waals surface area contributed by atoms with Crippen LogP contribution in [0.25, 0.3) is 0 Å². The summed E-state index contributed by atoms with van der Waals surface area (Å²) in [4.78, 5) is 0. The molecule has 2 heteroatoms. The van der Waals surface area contributed by atoms with Crippen molar-refractivity contribution in [3.05, 3.63) is 0 Å². The van der Waals surface area contributed by atoms with E-state index in [4.69, 9.17) is 0 Å². The first kappa shape index (κ1) is 14.0. The topological polar surface area (TPSA) is 24.1 Å². The molecule has 0 spiro atoms. The van der Waals surface area contributed by atoms with Gasteiger partial charge in [-0.1, -0.05) is 34.1 Å². The second-order valence-electron chi connectivity index (χ2n) is 6.69. The Morgan fingerprint density at radius 1 is 1.31 bits per heavy atom. The highest BCUT2D eigenvalue weighted by Crippen LogP contribution is 2.31. The van der Waals surface area contributed by atoms with Crippen molar-refractivity contribution in [2.75, 3.05) is 26.2 Å². The van der Waals surface area contributed by atoms with Gasteiger partial charge >= 0.3 is 0 Å². The fraction of sp³-hybridized carbons (Fsp3) is 1.00. The molecule has 1 rings (SSSR count). The van der Waals surface area contributed by atoms with Crippen LogP contribution in [-0.2, 0) is 0 Å². The SMILES string of the molecule is CCCC1(CNCC(C)(C)C)CCCNC1. The van der Waals surface area contributed by atoms with E-state index in [1.54, 1.807) is 0 Å². The van der Waals surface area contributed by atoms with E-state index in [0.29, 0.717) is 10.8 Å².